The van der Waals surface area contributed by atoms with Crippen molar-refractivity contribution >= 4 is 29.9 Å². The lowest BCUT2D eigenvalue weighted by molar-refractivity contribution is -0.142. The van der Waals surface area contributed by atoms with Crippen molar-refractivity contribution in [3.63, 3.8) is 0 Å². The van der Waals surface area contributed by atoms with Crippen LogP contribution >= 0.6 is 0 Å². The lowest BCUT2D eigenvalue weighted by Crippen LogP contribution is -2.53. The van der Waals surface area contributed by atoms with Crippen LogP contribution in [0.5, 0.6) is 0 Å². The molecule has 1 rings (SSSR count). The highest BCUT2D eigenvalue weighted by atomic mass is 16.6. The summed E-state index contributed by atoms with van der Waals surface area (Å²) in [6.07, 6.45) is 4.12. The van der Waals surface area contributed by atoms with E-state index in [0.717, 1.165) is 24.8 Å². The number of benzene rings is 1. The predicted octanol–water partition coefficient (Wildman–Crippen LogP) is 4.07. The molecule has 0 spiro atoms. The Morgan fingerprint density at radius 1 is 1.14 bits per heavy atom. The summed E-state index contributed by atoms with van der Waals surface area (Å²) >= 11 is 0. The Labute approximate surface area is 221 Å². The molecule has 37 heavy (non-hydrogen) atoms. The normalized spacial score (nSPS) is 12.7. The fraction of sp³-hybridized carbons (Fsp3) is 0.571. The van der Waals surface area contributed by atoms with Crippen LogP contribution in [0.4, 0.5) is 4.79 Å². The molecular weight excluding hydrogens is 472 g/mol. The summed E-state index contributed by atoms with van der Waals surface area (Å²) in [6.45, 7) is 13.7. The Morgan fingerprint density at radius 2 is 1.84 bits per heavy atom. The molecule has 0 aromatic heterocycles. The number of alkyl carbamates (subject to hydrolysis) is 1. The summed E-state index contributed by atoms with van der Waals surface area (Å²) < 4.78 is 5.34. The first-order valence-corrected chi connectivity index (χ1v) is 13.0. The van der Waals surface area contributed by atoms with Crippen molar-refractivity contribution in [3.05, 3.63) is 42.0 Å². The van der Waals surface area contributed by atoms with Gasteiger partial charge in [0.25, 0.3) is 0 Å². The van der Waals surface area contributed by atoms with Crippen LogP contribution in [0.15, 0.2) is 30.8 Å². The summed E-state index contributed by atoms with van der Waals surface area (Å²) in [5.41, 5.74) is 5.99. The van der Waals surface area contributed by atoms with E-state index in [9.17, 15) is 19.2 Å². The highest BCUT2D eigenvalue weighted by Crippen LogP contribution is 2.25. The Kier molecular flexibility index (Phi) is 13.4. The standard InChI is InChI=1S/C28H44N4O5/c1-7-10-11-17-30-25(34)24(21-14-12-13-20(9-3)19-21)32(18-8-2)26(35)22(15-16-23(29)33)31-27(36)37-28(4,5)6/h9,12-14,19,22,24H,3,7-8,10-11,15-18H2,1-2,4-6H3,(H2,29,33)(H,30,34)(H,31,36). The zero-order valence-corrected chi connectivity index (χ0v) is 23.0. The summed E-state index contributed by atoms with van der Waals surface area (Å²) in [7, 11) is 0. The fourth-order valence-corrected chi connectivity index (χ4v) is 3.81. The van der Waals surface area contributed by atoms with Crippen LogP contribution in [-0.2, 0) is 19.1 Å². The maximum absolute atomic E-state index is 13.9. The topological polar surface area (TPSA) is 131 Å². The van der Waals surface area contributed by atoms with Crippen molar-refractivity contribution in [2.24, 2.45) is 5.73 Å². The summed E-state index contributed by atoms with van der Waals surface area (Å²) in [4.78, 5) is 52.9. The average Bonchev–Trinajstić information content (AvgIpc) is 2.82. The van der Waals surface area contributed by atoms with Crippen molar-refractivity contribution < 1.29 is 23.9 Å². The molecule has 0 radical (unpaired) electrons. The van der Waals surface area contributed by atoms with E-state index < -0.39 is 35.6 Å². The highest BCUT2D eigenvalue weighted by Gasteiger charge is 2.36. The second kappa shape index (κ2) is 15.7. The first-order chi connectivity index (χ1) is 17.4. The number of primary amides is 1. The smallest absolute Gasteiger partial charge is 0.408 e. The van der Waals surface area contributed by atoms with Gasteiger partial charge in [-0.3, -0.25) is 14.4 Å². The number of nitrogens with one attached hydrogen (secondary N) is 2. The van der Waals surface area contributed by atoms with Crippen LogP contribution in [0.1, 0.15) is 90.3 Å². The molecule has 2 atom stereocenters. The minimum absolute atomic E-state index is 0.0227. The average molecular weight is 517 g/mol. The largest absolute Gasteiger partial charge is 0.444 e. The maximum Gasteiger partial charge on any atom is 0.408 e. The van der Waals surface area contributed by atoms with Gasteiger partial charge in [-0.25, -0.2) is 4.79 Å². The number of nitrogens with two attached hydrogens (primary N) is 1. The van der Waals surface area contributed by atoms with Crippen LogP contribution in [0.25, 0.3) is 6.08 Å². The van der Waals surface area contributed by atoms with E-state index in [-0.39, 0.29) is 25.3 Å². The molecule has 2 unspecified atom stereocenters. The van der Waals surface area contributed by atoms with Crippen LogP contribution in [0.2, 0.25) is 0 Å². The van der Waals surface area contributed by atoms with Gasteiger partial charge in [0.15, 0.2) is 0 Å². The van der Waals surface area contributed by atoms with Gasteiger partial charge in [0.1, 0.15) is 17.7 Å². The number of carbonyl (C=O) groups is 4. The summed E-state index contributed by atoms with van der Waals surface area (Å²) in [5.74, 6) is -1.41. The second-order valence-electron chi connectivity index (χ2n) is 10.0. The Balaban J connectivity index is 3.42. The number of amides is 4. The monoisotopic (exact) mass is 516 g/mol. The number of unbranched alkanes of at least 4 members (excludes halogenated alkanes) is 2. The number of carbonyl (C=O) groups excluding carboxylic acids is 4. The molecule has 0 heterocycles. The van der Waals surface area contributed by atoms with Gasteiger partial charge in [-0.05, 0) is 57.2 Å². The predicted molar refractivity (Wildman–Crippen MR) is 145 cm³/mol. The number of hydrogen-bond donors (Lipinski definition) is 3. The van der Waals surface area contributed by atoms with Gasteiger partial charge in [0, 0.05) is 19.5 Å². The van der Waals surface area contributed by atoms with E-state index in [4.69, 9.17) is 10.5 Å². The van der Waals surface area contributed by atoms with Crippen molar-refractivity contribution in [3.8, 4) is 0 Å². The summed E-state index contributed by atoms with van der Waals surface area (Å²) in [6, 6.07) is 5.23. The molecule has 9 nitrogen and oxygen atoms in total. The first-order valence-electron chi connectivity index (χ1n) is 13.0. The quantitative estimate of drug-likeness (QED) is 0.302. The molecule has 0 fully saturated rings. The van der Waals surface area contributed by atoms with Crippen molar-refractivity contribution in [2.45, 2.75) is 90.8 Å². The minimum Gasteiger partial charge on any atom is -0.444 e. The summed E-state index contributed by atoms with van der Waals surface area (Å²) in [5, 5.41) is 5.55. The molecular formula is C28H44N4O5. The van der Waals surface area contributed by atoms with Crippen LogP contribution < -0.4 is 16.4 Å². The SMILES string of the molecule is C=Cc1cccc(C(C(=O)NCCCCC)N(CCC)C(=O)C(CCC(N)=O)NC(=O)OC(C)(C)C)c1. The van der Waals surface area contributed by atoms with E-state index >= 15 is 0 Å². The third kappa shape index (κ3) is 11.5. The molecule has 0 bridgehead atoms. The molecule has 206 valence electrons. The van der Waals surface area contributed by atoms with Crippen molar-refractivity contribution in [1.82, 2.24) is 15.5 Å². The first kappa shape index (κ1) is 31.7. The van der Waals surface area contributed by atoms with Crippen LogP contribution in [0, 0.1) is 0 Å². The van der Waals surface area contributed by atoms with Gasteiger partial charge in [0.2, 0.25) is 17.7 Å². The maximum atomic E-state index is 13.9. The van der Waals surface area contributed by atoms with Crippen molar-refractivity contribution in [1.29, 1.82) is 0 Å². The number of rotatable bonds is 15. The molecule has 1 aromatic carbocycles. The van der Waals surface area contributed by atoms with Gasteiger partial charge in [-0.1, -0.05) is 57.5 Å². The van der Waals surface area contributed by atoms with E-state index in [0.29, 0.717) is 18.5 Å². The Morgan fingerprint density at radius 3 is 2.41 bits per heavy atom. The van der Waals surface area contributed by atoms with E-state index in [2.05, 4.69) is 24.1 Å². The molecule has 1 aromatic rings. The molecule has 0 aliphatic heterocycles. The molecule has 0 aliphatic rings. The molecule has 0 aliphatic carbocycles. The lowest BCUT2D eigenvalue weighted by atomic mass is 9.99. The Hall–Kier alpha value is -3.36. The molecule has 0 saturated carbocycles. The van der Waals surface area contributed by atoms with E-state index in [1.807, 2.05) is 25.1 Å². The zero-order chi connectivity index (χ0) is 28.0. The number of nitrogens with zero attached hydrogens (tertiary/aromatic N) is 1. The molecule has 9 heteroatoms. The minimum atomic E-state index is -1.10. The van der Waals surface area contributed by atoms with Gasteiger partial charge < -0.3 is 26.0 Å². The van der Waals surface area contributed by atoms with Crippen LogP contribution in [-0.4, -0.2) is 53.4 Å². The molecule has 4 amide bonds. The van der Waals surface area contributed by atoms with Gasteiger partial charge in [0.05, 0.1) is 0 Å². The molecule has 0 saturated heterocycles. The highest BCUT2D eigenvalue weighted by molar-refractivity contribution is 5.92. The van der Waals surface area contributed by atoms with Gasteiger partial charge in [-0.2, -0.15) is 0 Å². The van der Waals surface area contributed by atoms with E-state index in [1.165, 1.54) is 4.90 Å². The Bertz CT molecular complexity index is 925. The third-order valence-electron chi connectivity index (χ3n) is 5.52. The zero-order valence-electron chi connectivity index (χ0n) is 23.0. The van der Waals surface area contributed by atoms with Gasteiger partial charge in [-0.15, -0.1) is 0 Å². The fourth-order valence-electron chi connectivity index (χ4n) is 3.81. The lowest BCUT2D eigenvalue weighted by Gasteiger charge is -2.34. The third-order valence-corrected chi connectivity index (χ3v) is 5.52. The van der Waals surface area contributed by atoms with Crippen LogP contribution in [0.3, 0.4) is 0 Å². The molecule has 4 N–H and O–H groups in total. The number of hydrogen-bond acceptors (Lipinski definition) is 5. The second-order valence-corrected chi connectivity index (χ2v) is 10.0. The van der Waals surface area contributed by atoms with Gasteiger partial charge >= 0.3 is 6.09 Å². The van der Waals surface area contributed by atoms with Crippen molar-refractivity contribution in [2.75, 3.05) is 13.1 Å². The van der Waals surface area contributed by atoms with E-state index in [1.54, 1.807) is 32.9 Å². The number of ether oxygens (including phenoxy) is 1.